The van der Waals surface area contributed by atoms with E-state index < -0.39 is 64.4 Å². The number of aliphatic hydroxyl groups is 1. The van der Waals surface area contributed by atoms with Gasteiger partial charge in [-0.25, -0.2) is 30.0 Å². The molecule has 2 aliphatic rings. The highest BCUT2D eigenvalue weighted by molar-refractivity contribution is 7.95. The van der Waals surface area contributed by atoms with Gasteiger partial charge in [0.05, 0.1) is 40.4 Å². The van der Waals surface area contributed by atoms with Crippen LogP contribution in [0.15, 0.2) is 0 Å². The van der Waals surface area contributed by atoms with E-state index in [1.165, 1.54) is 0 Å². The summed E-state index contributed by atoms with van der Waals surface area (Å²) in [6, 6.07) is -1.10. The van der Waals surface area contributed by atoms with E-state index in [4.69, 9.17) is 0 Å². The number of aliphatic hydroxyl groups excluding tert-OH is 1. The Hall–Kier alpha value is -0.230. The Bertz CT molecular complexity index is 663. The van der Waals surface area contributed by atoms with Crippen LogP contribution in [-0.2, 0) is 29.7 Å². The van der Waals surface area contributed by atoms with Crippen LogP contribution in [-0.4, -0.2) is 70.8 Å². The van der Waals surface area contributed by atoms with Crippen LogP contribution in [0.4, 0.5) is 0 Å². The number of hydrogen-bond donors (Lipinski definition) is 2. The van der Waals surface area contributed by atoms with Gasteiger partial charge in [-0.2, -0.15) is 0 Å². The summed E-state index contributed by atoms with van der Waals surface area (Å²) in [6.07, 6.45) is -1.30. The molecule has 0 aromatic rings. The molecule has 0 amide bonds. The molecule has 8 nitrogen and oxygen atoms in total. The van der Waals surface area contributed by atoms with E-state index in [9.17, 15) is 30.4 Å². The van der Waals surface area contributed by atoms with Gasteiger partial charge in [0, 0.05) is 0 Å². The second-order valence-electron chi connectivity index (χ2n) is 4.94. The zero-order valence-corrected chi connectivity index (χ0v) is 12.3. The van der Waals surface area contributed by atoms with Crippen LogP contribution in [0.1, 0.15) is 6.42 Å². The van der Waals surface area contributed by atoms with E-state index in [2.05, 4.69) is 4.72 Å². The molecule has 0 saturated carbocycles. The summed E-state index contributed by atoms with van der Waals surface area (Å²) >= 11 is 0. The average Bonchev–Trinajstić information content (AvgIpc) is 2.67. The smallest absolute Gasteiger partial charge is 0.215 e. The standard InChI is InChI=1S/C8H15NO7S3/c10-8-5-18(13,14)4-7(8)9-19(15,16)6-1-2-17(11,12)3-6/h6-10H,1-5H2/t6?,7-,8-/m1/s1. The van der Waals surface area contributed by atoms with Crippen molar-refractivity contribution in [2.45, 2.75) is 23.8 Å². The Morgan fingerprint density at radius 2 is 1.63 bits per heavy atom. The summed E-state index contributed by atoms with van der Waals surface area (Å²) in [7, 11) is -10.8. The van der Waals surface area contributed by atoms with Gasteiger partial charge < -0.3 is 5.11 Å². The molecule has 0 radical (unpaired) electrons. The Morgan fingerprint density at radius 1 is 1.00 bits per heavy atom. The molecule has 0 spiro atoms. The fourth-order valence-electron chi connectivity index (χ4n) is 2.25. The lowest BCUT2D eigenvalue weighted by molar-refractivity contribution is 0.176. The van der Waals surface area contributed by atoms with Crippen molar-refractivity contribution in [3.8, 4) is 0 Å². The topological polar surface area (TPSA) is 135 Å². The van der Waals surface area contributed by atoms with Crippen molar-refractivity contribution >= 4 is 29.7 Å². The van der Waals surface area contributed by atoms with Crippen molar-refractivity contribution in [2.24, 2.45) is 0 Å². The maximum atomic E-state index is 12.0. The summed E-state index contributed by atoms with van der Waals surface area (Å²) in [5, 5.41) is 8.43. The monoisotopic (exact) mass is 333 g/mol. The Balaban J connectivity index is 2.11. The van der Waals surface area contributed by atoms with Crippen molar-refractivity contribution in [2.75, 3.05) is 23.0 Å². The van der Waals surface area contributed by atoms with Crippen LogP contribution in [0.3, 0.4) is 0 Å². The van der Waals surface area contributed by atoms with E-state index in [-0.39, 0.29) is 12.2 Å². The van der Waals surface area contributed by atoms with E-state index >= 15 is 0 Å². The number of rotatable bonds is 3. The van der Waals surface area contributed by atoms with Crippen LogP contribution in [0.5, 0.6) is 0 Å². The van der Waals surface area contributed by atoms with Crippen molar-refractivity contribution < 1.29 is 30.4 Å². The zero-order valence-electron chi connectivity index (χ0n) is 9.89. The van der Waals surface area contributed by atoms with Crippen LogP contribution in [0.25, 0.3) is 0 Å². The summed E-state index contributed by atoms with van der Waals surface area (Å²) in [5.41, 5.74) is 0. The highest BCUT2D eigenvalue weighted by atomic mass is 32.2. The fourth-order valence-corrected chi connectivity index (χ4v) is 8.42. The first kappa shape index (κ1) is 15.2. The highest BCUT2D eigenvalue weighted by Gasteiger charge is 2.43. The molecule has 1 unspecified atom stereocenters. The van der Waals surface area contributed by atoms with Gasteiger partial charge in [-0.3, -0.25) is 0 Å². The van der Waals surface area contributed by atoms with Crippen LogP contribution in [0.2, 0.25) is 0 Å². The molecule has 2 heterocycles. The van der Waals surface area contributed by atoms with Crippen molar-refractivity contribution in [1.29, 1.82) is 0 Å². The van der Waals surface area contributed by atoms with Gasteiger partial charge in [-0.15, -0.1) is 0 Å². The van der Waals surface area contributed by atoms with Gasteiger partial charge >= 0.3 is 0 Å². The fraction of sp³-hybridized carbons (Fsp3) is 1.00. The molecule has 2 N–H and O–H groups in total. The second kappa shape index (κ2) is 4.65. The molecule has 3 atom stereocenters. The minimum atomic E-state index is -3.95. The van der Waals surface area contributed by atoms with Gasteiger partial charge in [0.1, 0.15) is 0 Å². The van der Waals surface area contributed by atoms with Gasteiger partial charge in [0.25, 0.3) is 0 Å². The Labute approximate surface area is 112 Å². The first-order chi connectivity index (χ1) is 8.51. The molecule has 2 saturated heterocycles. The summed E-state index contributed by atoms with van der Waals surface area (Å²) in [6.45, 7) is 0. The molecule has 0 aromatic carbocycles. The predicted molar refractivity (Wildman–Crippen MR) is 67.6 cm³/mol. The summed E-state index contributed by atoms with van der Waals surface area (Å²) < 4.78 is 71.1. The molecular weight excluding hydrogens is 318 g/mol. The Morgan fingerprint density at radius 3 is 2.05 bits per heavy atom. The maximum Gasteiger partial charge on any atom is 0.215 e. The van der Waals surface area contributed by atoms with Crippen molar-refractivity contribution in [1.82, 2.24) is 4.72 Å². The van der Waals surface area contributed by atoms with Gasteiger partial charge in [0.15, 0.2) is 19.7 Å². The Kier molecular flexibility index (Phi) is 3.71. The quantitative estimate of drug-likeness (QED) is 0.571. The third kappa shape index (κ3) is 3.45. The van der Waals surface area contributed by atoms with Crippen LogP contribution < -0.4 is 4.72 Å². The molecule has 0 aromatic heterocycles. The van der Waals surface area contributed by atoms with E-state index in [1.807, 2.05) is 0 Å². The summed E-state index contributed by atoms with van der Waals surface area (Å²) in [4.78, 5) is 0. The number of hydrogen-bond acceptors (Lipinski definition) is 7. The molecule has 11 heteroatoms. The molecule has 2 fully saturated rings. The number of sulfonamides is 1. The lowest BCUT2D eigenvalue weighted by atomic mass is 10.2. The molecule has 112 valence electrons. The largest absolute Gasteiger partial charge is 0.390 e. The predicted octanol–water partition coefficient (Wildman–Crippen LogP) is -2.75. The van der Waals surface area contributed by atoms with Gasteiger partial charge in [0.2, 0.25) is 10.0 Å². The molecule has 2 aliphatic heterocycles. The van der Waals surface area contributed by atoms with E-state index in [0.717, 1.165) is 0 Å². The third-order valence-electron chi connectivity index (χ3n) is 3.27. The first-order valence-electron chi connectivity index (χ1n) is 5.61. The number of sulfone groups is 2. The van der Waals surface area contributed by atoms with E-state index in [0.29, 0.717) is 0 Å². The molecule has 19 heavy (non-hydrogen) atoms. The molecule has 0 aliphatic carbocycles. The summed E-state index contributed by atoms with van der Waals surface area (Å²) in [5.74, 6) is -1.60. The lowest BCUT2D eigenvalue weighted by Crippen LogP contribution is -2.46. The number of nitrogens with one attached hydrogen (secondary N) is 1. The van der Waals surface area contributed by atoms with E-state index in [1.54, 1.807) is 0 Å². The van der Waals surface area contributed by atoms with Gasteiger partial charge in [-0.1, -0.05) is 0 Å². The molecule has 2 rings (SSSR count). The maximum absolute atomic E-state index is 12.0. The van der Waals surface area contributed by atoms with Crippen LogP contribution in [0, 0.1) is 0 Å². The van der Waals surface area contributed by atoms with Crippen molar-refractivity contribution in [3.05, 3.63) is 0 Å². The highest BCUT2D eigenvalue weighted by Crippen LogP contribution is 2.20. The first-order valence-corrected chi connectivity index (χ1v) is 10.8. The minimum Gasteiger partial charge on any atom is -0.390 e. The average molecular weight is 333 g/mol. The van der Waals surface area contributed by atoms with Crippen LogP contribution >= 0.6 is 0 Å². The zero-order chi connectivity index (χ0) is 14.5. The lowest BCUT2D eigenvalue weighted by Gasteiger charge is -2.18. The SMILES string of the molecule is O=S1(=O)CCC(S(=O)(=O)N[C@@H]2CS(=O)(=O)C[C@H]2O)C1. The normalized spacial score (nSPS) is 37.4. The minimum absolute atomic E-state index is 0.00671. The third-order valence-corrected chi connectivity index (χ3v) is 8.87. The molecular formula is C8H15NO7S3. The second-order valence-corrected chi connectivity index (χ2v) is 11.3. The van der Waals surface area contributed by atoms with Gasteiger partial charge in [-0.05, 0) is 6.42 Å². The van der Waals surface area contributed by atoms with Crippen molar-refractivity contribution in [3.63, 3.8) is 0 Å². The molecule has 0 bridgehead atoms.